The van der Waals surface area contributed by atoms with Gasteiger partial charge in [-0.05, 0) is 12.1 Å². The number of nitrogens with zero attached hydrogens (tertiary/aromatic N) is 1. The Bertz CT molecular complexity index is 430. The van der Waals surface area contributed by atoms with Crippen LogP contribution in [0.4, 0.5) is 0 Å². The zero-order valence-corrected chi connectivity index (χ0v) is 9.70. The highest BCUT2D eigenvalue weighted by Gasteiger charge is 1.92. The summed E-state index contributed by atoms with van der Waals surface area (Å²) < 4.78 is 18.3. The van der Waals surface area contributed by atoms with Crippen molar-refractivity contribution < 1.29 is 8.42 Å². The number of rotatable bonds is 0. The monoisotopic (exact) mass is 271 g/mol. The molecule has 76 valence electrons. The summed E-state index contributed by atoms with van der Waals surface area (Å²) in [6, 6.07) is 8.92. The van der Waals surface area contributed by atoms with Gasteiger partial charge in [-0.2, -0.15) is 13.7 Å². The van der Waals surface area contributed by atoms with E-state index in [1.807, 2.05) is 6.07 Å². The van der Waals surface area contributed by atoms with Crippen LogP contribution in [0, 0.1) is 11.3 Å². The third-order valence-corrected chi connectivity index (χ3v) is 1.32. The summed E-state index contributed by atoms with van der Waals surface area (Å²) in [5, 5.41) is 8.90. The molecule has 0 saturated carbocycles. The molecular weight excluding hydrogens is 269 g/mol. The third kappa shape index (κ3) is 8.14. The maximum Gasteiger partial charge on any atom is 0.317 e. The van der Waals surface area contributed by atoms with E-state index in [0.717, 1.165) is 0 Å². The maximum absolute atomic E-state index is 9.16. The number of hydrogen-bond donors (Lipinski definition) is 0. The Morgan fingerprint density at radius 1 is 1.21 bits per heavy atom. The van der Waals surface area contributed by atoms with E-state index in [1.165, 1.54) is 0 Å². The first-order chi connectivity index (χ1) is 6.34. The van der Waals surface area contributed by atoms with Crippen molar-refractivity contribution >= 4 is 41.2 Å². The number of benzene rings is 1. The lowest BCUT2D eigenvalue weighted by atomic mass is 10.2. The van der Waals surface area contributed by atoms with Gasteiger partial charge >= 0.3 is 8.26 Å². The van der Waals surface area contributed by atoms with Crippen LogP contribution in [0.3, 0.4) is 0 Å². The van der Waals surface area contributed by atoms with Crippen molar-refractivity contribution in [3.8, 4) is 6.07 Å². The van der Waals surface area contributed by atoms with E-state index in [1.54, 1.807) is 24.3 Å². The van der Waals surface area contributed by atoms with Crippen LogP contribution in [0.5, 0.6) is 0 Å². The van der Waals surface area contributed by atoms with Gasteiger partial charge in [-0.1, -0.05) is 23.7 Å². The second-order valence-electron chi connectivity index (χ2n) is 1.97. The molecule has 0 radical (unpaired) electrons. The van der Waals surface area contributed by atoms with E-state index in [2.05, 4.69) is 21.4 Å². The van der Waals surface area contributed by atoms with E-state index in [9.17, 15) is 0 Å². The van der Waals surface area contributed by atoms with Gasteiger partial charge in [-0.25, -0.2) is 0 Å². The third-order valence-electron chi connectivity index (χ3n) is 0.994. The van der Waals surface area contributed by atoms with Crippen LogP contribution in [0.1, 0.15) is 5.56 Å². The Kier molecular flexibility index (Phi) is 5.89. The zero-order valence-electron chi connectivity index (χ0n) is 6.62. The van der Waals surface area contributed by atoms with Crippen molar-refractivity contribution in [2.45, 2.75) is 0 Å². The normalized spacial score (nSPS) is 9.57. The zero-order chi connectivity index (χ0) is 11.2. The van der Waals surface area contributed by atoms with Gasteiger partial charge < -0.3 is 0 Å². The van der Waals surface area contributed by atoms with Crippen LogP contribution in [0.2, 0.25) is 5.02 Å². The van der Waals surface area contributed by atoms with Gasteiger partial charge in [0.1, 0.15) is 6.07 Å². The first kappa shape index (κ1) is 13.5. The number of nitriles is 1. The van der Waals surface area contributed by atoms with Gasteiger partial charge in [0, 0.05) is 21.4 Å². The molecule has 3 nitrogen and oxygen atoms in total. The van der Waals surface area contributed by atoms with E-state index < -0.39 is 8.26 Å². The molecule has 0 bridgehead atoms. The largest absolute Gasteiger partial charge is 0.317 e. The molecule has 0 atom stereocenters. The van der Waals surface area contributed by atoms with Gasteiger partial charge in [0.05, 0.1) is 10.6 Å². The highest BCUT2D eigenvalue weighted by Crippen LogP contribution is 2.12. The van der Waals surface area contributed by atoms with Crippen molar-refractivity contribution in [3.05, 3.63) is 34.9 Å². The van der Waals surface area contributed by atoms with Crippen LogP contribution >= 0.6 is 33.0 Å². The van der Waals surface area contributed by atoms with Gasteiger partial charge in [0.25, 0.3) is 0 Å². The molecule has 1 rings (SSSR count). The van der Waals surface area contributed by atoms with Crippen molar-refractivity contribution in [2.75, 3.05) is 0 Å². The van der Waals surface area contributed by atoms with Crippen molar-refractivity contribution in [2.24, 2.45) is 0 Å². The van der Waals surface area contributed by atoms with Gasteiger partial charge in [0.15, 0.2) is 0 Å². The summed E-state index contributed by atoms with van der Waals surface area (Å²) in [5.74, 6) is 0. The molecule has 0 saturated heterocycles. The summed E-state index contributed by atoms with van der Waals surface area (Å²) in [7, 11) is 4.81. The maximum atomic E-state index is 9.16. The lowest BCUT2D eigenvalue weighted by molar-refractivity contribution is 0.621. The molecule has 0 heterocycles. The SMILES string of the molecule is N#Cc1ccccc1Cl.O=S(=O)(Cl)Cl. The van der Waals surface area contributed by atoms with Crippen LogP contribution in [-0.2, 0) is 8.26 Å². The summed E-state index contributed by atoms with van der Waals surface area (Å²) in [6.07, 6.45) is 0. The summed E-state index contributed by atoms with van der Waals surface area (Å²) >= 11 is 5.60. The van der Waals surface area contributed by atoms with Gasteiger partial charge in [-0.15, -0.1) is 0 Å². The molecule has 14 heavy (non-hydrogen) atoms. The molecule has 7 heteroatoms. The molecule has 0 aliphatic rings. The minimum Gasteiger partial charge on any atom is -0.195 e. The molecule has 0 amide bonds. The Hall–Kier alpha value is -0.470. The fraction of sp³-hybridized carbons (Fsp3) is 0. The summed E-state index contributed by atoms with van der Waals surface area (Å²) in [4.78, 5) is 0. The second kappa shape index (κ2) is 6.10. The Morgan fingerprint density at radius 2 is 1.64 bits per heavy atom. The highest BCUT2D eigenvalue weighted by atomic mass is 36.0. The molecule has 0 fully saturated rings. The quantitative estimate of drug-likeness (QED) is 0.682. The van der Waals surface area contributed by atoms with Crippen LogP contribution < -0.4 is 0 Å². The summed E-state index contributed by atoms with van der Waals surface area (Å²) in [5.41, 5.74) is 0.527. The lowest BCUT2D eigenvalue weighted by Crippen LogP contribution is -1.71. The van der Waals surface area contributed by atoms with Gasteiger partial charge in [0.2, 0.25) is 0 Å². The highest BCUT2D eigenvalue weighted by molar-refractivity contribution is 8.31. The average Bonchev–Trinajstić information content (AvgIpc) is 2.02. The molecule has 0 unspecified atom stereocenters. The minimum atomic E-state index is -3.72. The number of hydrogen-bond acceptors (Lipinski definition) is 3. The smallest absolute Gasteiger partial charge is 0.195 e. The predicted octanol–water partition coefficient (Wildman–Crippen LogP) is 2.92. The standard InChI is InChI=1S/C7H4ClN.Cl2O2S/c8-7-4-2-1-3-6(7)5-9;1-5(2,3)4/h1-4H;. The Morgan fingerprint density at radius 3 is 1.93 bits per heavy atom. The molecule has 0 aromatic heterocycles. The molecular formula is C7H4Cl3NO2S. The first-order valence-corrected chi connectivity index (χ1v) is 6.65. The summed E-state index contributed by atoms with van der Waals surface area (Å²) in [6.45, 7) is 0. The van der Waals surface area contributed by atoms with E-state index >= 15 is 0 Å². The molecule has 0 N–H and O–H groups in total. The predicted molar refractivity (Wildman–Crippen MR) is 56.8 cm³/mol. The Balaban J connectivity index is 0.000000292. The molecule has 1 aromatic rings. The molecule has 0 aliphatic carbocycles. The minimum absolute atomic E-state index is 0.514. The van der Waals surface area contributed by atoms with Crippen molar-refractivity contribution in [1.29, 1.82) is 5.26 Å². The van der Waals surface area contributed by atoms with Crippen LogP contribution in [0.15, 0.2) is 24.3 Å². The second-order valence-corrected chi connectivity index (χ2v) is 6.05. The van der Waals surface area contributed by atoms with E-state index in [0.29, 0.717) is 10.6 Å². The molecule has 0 spiro atoms. The first-order valence-electron chi connectivity index (χ1n) is 3.13. The lowest BCUT2D eigenvalue weighted by Gasteiger charge is -1.88. The van der Waals surface area contributed by atoms with E-state index in [-0.39, 0.29) is 0 Å². The van der Waals surface area contributed by atoms with Crippen molar-refractivity contribution in [3.63, 3.8) is 0 Å². The number of halogens is 3. The van der Waals surface area contributed by atoms with Crippen molar-refractivity contribution in [1.82, 2.24) is 0 Å². The average molecular weight is 273 g/mol. The topological polar surface area (TPSA) is 57.9 Å². The fourth-order valence-electron chi connectivity index (χ4n) is 0.552. The fourth-order valence-corrected chi connectivity index (χ4v) is 0.730. The van der Waals surface area contributed by atoms with Gasteiger partial charge in [-0.3, -0.25) is 0 Å². The molecule has 0 aliphatic heterocycles. The van der Waals surface area contributed by atoms with Crippen LogP contribution in [-0.4, -0.2) is 8.42 Å². The van der Waals surface area contributed by atoms with E-state index in [4.69, 9.17) is 25.3 Å². The Labute approximate surface area is 95.7 Å². The molecule has 1 aromatic carbocycles. The van der Waals surface area contributed by atoms with Crippen LogP contribution in [0.25, 0.3) is 0 Å².